The SMILES string of the molecule is Cc1nc(CC(=O)N[C@H](C)C2=CCCCC2)cs1. The predicted octanol–water partition coefficient (Wildman–Crippen LogP) is 3.00. The summed E-state index contributed by atoms with van der Waals surface area (Å²) < 4.78 is 0. The maximum absolute atomic E-state index is 11.9. The summed E-state index contributed by atoms with van der Waals surface area (Å²) in [5.74, 6) is 0.0688. The Morgan fingerprint density at radius 2 is 2.39 bits per heavy atom. The second-order valence-electron chi connectivity index (χ2n) is 4.85. The van der Waals surface area contributed by atoms with E-state index in [1.54, 1.807) is 11.3 Å². The summed E-state index contributed by atoms with van der Waals surface area (Å²) in [4.78, 5) is 16.2. The van der Waals surface area contributed by atoms with Crippen LogP contribution in [0.4, 0.5) is 0 Å². The fourth-order valence-electron chi connectivity index (χ4n) is 2.30. The topological polar surface area (TPSA) is 42.0 Å². The van der Waals surface area contributed by atoms with Crippen molar-refractivity contribution in [2.24, 2.45) is 0 Å². The van der Waals surface area contributed by atoms with E-state index in [4.69, 9.17) is 0 Å². The van der Waals surface area contributed by atoms with Crippen LogP contribution in [0.25, 0.3) is 0 Å². The number of aryl methyl sites for hydroxylation is 1. The van der Waals surface area contributed by atoms with Gasteiger partial charge in [0.05, 0.1) is 17.1 Å². The smallest absolute Gasteiger partial charge is 0.226 e. The molecule has 1 aromatic rings. The van der Waals surface area contributed by atoms with Gasteiger partial charge in [-0.25, -0.2) is 4.98 Å². The van der Waals surface area contributed by atoms with Crippen LogP contribution in [0.3, 0.4) is 0 Å². The van der Waals surface area contributed by atoms with Gasteiger partial charge in [-0.2, -0.15) is 0 Å². The zero-order valence-corrected chi connectivity index (χ0v) is 11.8. The lowest BCUT2D eigenvalue weighted by atomic mass is 9.94. The zero-order chi connectivity index (χ0) is 13.0. The minimum absolute atomic E-state index is 0.0688. The van der Waals surface area contributed by atoms with Crippen molar-refractivity contribution in [1.82, 2.24) is 10.3 Å². The van der Waals surface area contributed by atoms with E-state index in [1.165, 1.54) is 18.4 Å². The summed E-state index contributed by atoms with van der Waals surface area (Å²) in [6.45, 7) is 4.03. The number of nitrogens with one attached hydrogen (secondary N) is 1. The molecule has 2 rings (SSSR count). The summed E-state index contributed by atoms with van der Waals surface area (Å²) in [5.41, 5.74) is 2.25. The van der Waals surface area contributed by atoms with Gasteiger partial charge in [0.25, 0.3) is 0 Å². The highest BCUT2D eigenvalue weighted by atomic mass is 32.1. The highest BCUT2D eigenvalue weighted by Crippen LogP contribution is 2.20. The van der Waals surface area contributed by atoms with Crippen molar-refractivity contribution in [2.75, 3.05) is 0 Å². The number of carbonyl (C=O) groups is 1. The Labute approximate surface area is 112 Å². The summed E-state index contributed by atoms with van der Waals surface area (Å²) in [7, 11) is 0. The maximum atomic E-state index is 11.9. The van der Waals surface area contributed by atoms with E-state index < -0.39 is 0 Å². The molecule has 1 atom stereocenters. The van der Waals surface area contributed by atoms with Gasteiger partial charge in [0, 0.05) is 11.4 Å². The number of nitrogens with zero attached hydrogens (tertiary/aromatic N) is 1. The van der Waals surface area contributed by atoms with Crippen molar-refractivity contribution >= 4 is 17.2 Å². The van der Waals surface area contributed by atoms with Gasteiger partial charge in [0.1, 0.15) is 0 Å². The first kappa shape index (κ1) is 13.3. The fraction of sp³-hybridized carbons (Fsp3) is 0.571. The van der Waals surface area contributed by atoms with Gasteiger partial charge >= 0.3 is 0 Å². The molecule has 0 saturated heterocycles. The molecule has 0 aromatic carbocycles. The van der Waals surface area contributed by atoms with Crippen LogP contribution in [0.15, 0.2) is 17.0 Å². The average Bonchev–Trinajstić information content (AvgIpc) is 2.75. The number of aromatic nitrogens is 1. The third-order valence-corrected chi connectivity index (χ3v) is 4.09. The van der Waals surface area contributed by atoms with E-state index in [-0.39, 0.29) is 11.9 Å². The summed E-state index contributed by atoms with van der Waals surface area (Å²) >= 11 is 1.59. The van der Waals surface area contributed by atoms with E-state index >= 15 is 0 Å². The molecule has 0 spiro atoms. The number of hydrogen-bond donors (Lipinski definition) is 1. The van der Waals surface area contributed by atoms with E-state index in [2.05, 4.69) is 23.3 Å². The normalized spacial score (nSPS) is 17.1. The Kier molecular flexibility index (Phi) is 4.53. The Balaban J connectivity index is 1.85. The molecule has 1 N–H and O–H groups in total. The number of rotatable bonds is 4. The minimum atomic E-state index is 0.0688. The summed E-state index contributed by atoms with van der Waals surface area (Å²) in [5, 5.41) is 6.04. The van der Waals surface area contributed by atoms with Crippen molar-refractivity contribution in [1.29, 1.82) is 0 Å². The number of amides is 1. The van der Waals surface area contributed by atoms with Crippen LogP contribution < -0.4 is 5.32 Å². The van der Waals surface area contributed by atoms with Gasteiger partial charge in [-0.1, -0.05) is 11.6 Å². The number of hydrogen-bond acceptors (Lipinski definition) is 3. The molecule has 1 aliphatic rings. The monoisotopic (exact) mass is 264 g/mol. The number of thiazole rings is 1. The van der Waals surface area contributed by atoms with Gasteiger partial charge < -0.3 is 5.32 Å². The Morgan fingerprint density at radius 1 is 1.56 bits per heavy atom. The van der Waals surface area contributed by atoms with Crippen molar-refractivity contribution < 1.29 is 4.79 Å². The molecule has 0 bridgehead atoms. The first-order valence-electron chi connectivity index (χ1n) is 6.54. The first-order valence-corrected chi connectivity index (χ1v) is 7.42. The molecule has 18 heavy (non-hydrogen) atoms. The Hall–Kier alpha value is -1.16. The summed E-state index contributed by atoms with van der Waals surface area (Å²) in [6.07, 6.45) is 7.47. The fourth-order valence-corrected chi connectivity index (χ4v) is 2.91. The molecule has 0 fully saturated rings. The number of allylic oxidation sites excluding steroid dienone is 1. The third-order valence-electron chi connectivity index (χ3n) is 3.27. The molecule has 1 aliphatic carbocycles. The third kappa shape index (κ3) is 3.67. The Morgan fingerprint density at radius 3 is 3.00 bits per heavy atom. The molecule has 4 heteroatoms. The second-order valence-corrected chi connectivity index (χ2v) is 5.91. The lowest BCUT2D eigenvalue weighted by Gasteiger charge is -2.20. The van der Waals surface area contributed by atoms with Crippen molar-refractivity contribution in [3.8, 4) is 0 Å². The van der Waals surface area contributed by atoms with Crippen LogP contribution >= 0.6 is 11.3 Å². The molecule has 0 radical (unpaired) electrons. The standard InChI is InChI=1S/C14H20N2OS/c1-10(12-6-4-3-5-7-12)15-14(17)8-13-9-18-11(2)16-13/h6,9-10H,3-5,7-8H2,1-2H3,(H,15,17)/t10-/m1/s1. The highest BCUT2D eigenvalue weighted by Gasteiger charge is 2.14. The highest BCUT2D eigenvalue weighted by molar-refractivity contribution is 7.09. The molecule has 1 amide bonds. The van der Waals surface area contributed by atoms with Crippen molar-refractivity contribution in [3.63, 3.8) is 0 Å². The minimum Gasteiger partial charge on any atom is -0.350 e. The number of carbonyl (C=O) groups excluding carboxylic acids is 1. The van der Waals surface area contributed by atoms with Crippen LogP contribution in [-0.4, -0.2) is 16.9 Å². The molecular formula is C14H20N2OS. The van der Waals surface area contributed by atoms with Crippen molar-refractivity contribution in [2.45, 2.75) is 52.0 Å². The molecule has 98 valence electrons. The average molecular weight is 264 g/mol. The van der Waals surface area contributed by atoms with Gasteiger partial charge in [-0.3, -0.25) is 4.79 Å². The molecular weight excluding hydrogens is 244 g/mol. The molecule has 0 unspecified atom stereocenters. The summed E-state index contributed by atoms with van der Waals surface area (Å²) in [6, 6.07) is 0.164. The first-order chi connectivity index (χ1) is 8.65. The van der Waals surface area contributed by atoms with E-state index in [0.29, 0.717) is 6.42 Å². The van der Waals surface area contributed by atoms with E-state index in [9.17, 15) is 4.79 Å². The molecule has 1 aromatic heterocycles. The molecule has 0 saturated carbocycles. The molecule has 0 aliphatic heterocycles. The van der Waals surface area contributed by atoms with Crippen LogP contribution in [0.2, 0.25) is 0 Å². The van der Waals surface area contributed by atoms with Gasteiger partial charge in [0.15, 0.2) is 0 Å². The van der Waals surface area contributed by atoms with Crippen LogP contribution in [0, 0.1) is 6.92 Å². The van der Waals surface area contributed by atoms with Crippen LogP contribution in [0.1, 0.15) is 43.3 Å². The lowest BCUT2D eigenvalue weighted by molar-refractivity contribution is -0.120. The van der Waals surface area contributed by atoms with Gasteiger partial charge in [-0.05, 0) is 39.5 Å². The maximum Gasteiger partial charge on any atom is 0.226 e. The van der Waals surface area contributed by atoms with Crippen LogP contribution in [0.5, 0.6) is 0 Å². The van der Waals surface area contributed by atoms with Gasteiger partial charge in [-0.15, -0.1) is 11.3 Å². The largest absolute Gasteiger partial charge is 0.350 e. The lowest BCUT2D eigenvalue weighted by Crippen LogP contribution is -2.35. The Bertz CT molecular complexity index is 450. The van der Waals surface area contributed by atoms with E-state index in [0.717, 1.165) is 23.5 Å². The molecule has 3 nitrogen and oxygen atoms in total. The van der Waals surface area contributed by atoms with E-state index in [1.807, 2.05) is 12.3 Å². The second kappa shape index (κ2) is 6.14. The van der Waals surface area contributed by atoms with Gasteiger partial charge in [0.2, 0.25) is 5.91 Å². The van der Waals surface area contributed by atoms with Crippen LogP contribution in [-0.2, 0) is 11.2 Å². The molecule has 1 heterocycles. The van der Waals surface area contributed by atoms with Crippen molar-refractivity contribution in [3.05, 3.63) is 27.7 Å². The predicted molar refractivity (Wildman–Crippen MR) is 74.7 cm³/mol. The zero-order valence-electron chi connectivity index (χ0n) is 11.0. The quantitative estimate of drug-likeness (QED) is 0.849.